The Bertz CT molecular complexity index is 908. The molecule has 1 aromatic rings. The van der Waals surface area contributed by atoms with Crippen molar-refractivity contribution in [2.75, 3.05) is 7.11 Å². The van der Waals surface area contributed by atoms with Gasteiger partial charge in [-0.1, -0.05) is 6.07 Å². The molecule has 1 fully saturated rings. The first-order valence-electron chi connectivity index (χ1n) is 10.3. The van der Waals surface area contributed by atoms with Crippen molar-refractivity contribution in [3.05, 3.63) is 46.3 Å². The Morgan fingerprint density at radius 3 is 2.62 bits per heavy atom. The summed E-state index contributed by atoms with van der Waals surface area (Å²) < 4.78 is 11.0. The minimum Gasteiger partial charge on any atom is -0.504 e. The van der Waals surface area contributed by atoms with E-state index in [4.69, 9.17) is 9.47 Å². The van der Waals surface area contributed by atoms with Gasteiger partial charge in [-0.2, -0.15) is 0 Å². The maximum Gasteiger partial charge on any atom is 0.337 e. The highest BCUT2D eigenvalue weighted by Crippen LogP contribution is 2.44. The summed E-state index contributed by atoms with van der Waals surface area (Å²) in [5.41, 5.74) is 3.34. The van der Waals surface area contributed by atoms with Crippen LogP contribution in [0.25, 0.3) is 0 Å². The number of carbonyl (C=O) groups excluding carboxylic acids is 2. The Labute approximate surface area is 170 Å². The largest absolute Gasteiger partial charge is 0.504 e. The molecule has 0 bridgehead atoms. The highest BCUT2D eigenvalue weighted by molar-refractivity contribution is 6.03. The van der Waals surface area contributed by atoms with Gasteiger partial charge in [0.05, 0.1) is 12.7 Å². The standard InChI is InChI=1S/C23H27NO5/c1-13-20(23(27)29-15-6-3-4-7-15)21(14-10-11-19(28-2)18(26)12-14)22-16(24-13)8-5-9-17(22)25/h10-12,15,21,24,26H,3-9H2,1-2H3/t21-/m0/s1. The quantitative estimate of drug-likeness (QED) is 0.751. The number of phenolic OH excluding ortho intramolecular Hbond substituents is 1. The number of rotatable bonds is 4. The molecule has 6 heteroatoms. The number of methoxy groups -OCH3 is 1. The molecule has 1 atom stereocenters. The van der Waals surface area contributed by atoms with Crippen molar-refractivity contribution < 1.29 is 24.2 Å². The fourth-order valence-corrected chi connectivity index (χ4v) is 4.69. The van der Waals surface area contributed by atoms with Crippen molar-refractivity contribution in [3.8, 4) is 11.5 Å². The Kier molecular flexibility index (Phi) is 5.35. The van der Waals surface area contributed by atoms with Crippen LogP contribution < -0.4 is 10.1 Å². The second-order valence-electron chi connectivity index (χ2n) is 8.01. The minimum absolute atomic E-state index is 0.0184. The van der Waals surface area contributed by atoms with Crippen molar-refractivity contribution in [1.82, 2.24) is 5.32 Å². The Morgan fingerprint density at radius 1 is 1.17 bits per heavy atom. The molecule has 1 saturated carbocycles. The zero-order valence-electron chi connectivity index (χ0n) is 16.9. The van der Waals surface area contributed by atoms with Gasteiger partial charge in [0, 0.05) is 29.3 Å². The molecule has 154 valence electrons. The van der Waals surface area contributed by atoms with Gasteiger partial charge in [0.2, 0.25) is 0 Å². The lowest BCUT2D eigenvalue weighted by atomic mass is 9.75. The van der Waals surface area contributed by atoms with Gasteiger partial charge >= 0.3 is 5.97 Å². The van der Waals surface area contributed by atoms with Crippen LogP contribution >= 0.6 is 0 Å². The normalized spacial score (nSPS) is 22.4. The van der Waals surface area contributed by atoms with Crippen LogP contribution in [0.3, 0.4) is 0 Å². The number of carbonyl (C=O) groups is 2. The lowest BCUT2D eigenvalue weighted by Crippen LogP contribution is -2.35. The molecule has 0 amide bonds. The molecule has 29 heavy (non-hydrogen) atoms. The van der Waals surface area contributed by atoms with E-state index in [0.29, 0.717) is 34.6 Å². The molecule has 0 spiro atoms. The second-order valence-corrected chi connectivity index (χ2v) is 8.01. The number of ketones is 1. The molecule has 3 aliphatic rings. The summed E-state index contributed by atoms with van der Waals surface area (Å²) in [6.07, 6.45) is 5.85. The molecule has 1 aliphatic heterocycles. The fraction of sp³-hybridized carbons (Fsp3) is 0.478. The van der Waals surface area contributed by atoms with E-state index in [9.17, 15) is 14.7 Å². The van der Waals surface area contributed by atoms with Crippen molar-refractivity contribution in [3.63, 3.8) is 0 Å². The maximum atomic E-state index is 13.2. The van der Waals surface area contributed by atoms with Crippen LogP contribution in [-0.2, 0) is 14.3 Å². The van der Waals surface area contributed by atoms with Crippen LogP contribution in [0, 0.1) is 0 Å². The number of aromatic hydroxyl groups is 1. The summed E-state index contributed by atoms with van der Waals surface area (Å²) in [5.74, 6) is -0.563. The van der Waals surface area contributed by atoms with E-state index in [-0.39, 0.29) is 23.6 Å². The van der Waals surface area contributed by atoms with Gasteiger partial charge in [0.25, 0.3) is 0 Å². The molecule has 2 N–H and O–H groups in total. The number of hydrogen-bond donors (Lipinski definition) is 2. The molecule has 1 aromatic carbocycles. The van der Waals surface area contributed by atoms with Gasteiger partial charge < -0.3 is 19.9 Å². The van der Waals surface area contributed by atoms with Crippen molar-refractivity contribution >= 4 is 11.8 Å². The van der Waals surface area contributed by atoms with Crippen molar-refractivity contribution in [2.45, 2.75) is 63.9 Å². The van der Waals surface area contributed by atoms with Crippen LogP contribution in [0.5, 0.6) is 11.5 Å². The molecule has 0 unspecified atom stereocenters. The number of nitrogens with one attached hydrogen (secondary N) is 1. The first-order chi connectivity index (χ1) is 14.0. The molecule has 0 aromatic heterocycles. The number of esters is 1. The van der Waals surface area contributed by atoms with Crippen LogP contribution in [0.4, 0.5) is 0 Å². The predicted octanol–water partition coefficient (Wildman–Crippen LogP) is 3.85. The molecule has 6 nitrogen and oxygen atoms in total. The SMILES string of the molecule is COc1ccc([C@H]2C(C(=O)OC3CCCC3)=C(C)NC3=C2C(=O)CCC3)cc1O. The number of hydrogen-bond acceptors (Lipinski definition) is 6. The third-order valence-electron chi connectivity index (χ3n) is 6.11. The molecule has 0 radical (unpaired) electrons. The monoisotopic (exact) mass is 397 g/mol. The average molecular weight is 397 g/mol. The lowest BCUT2D eigenvalue weighted by molar-refractivity contribution is -0.144. The number of dihydropyridines is 1. The summed E-state index contributed by atoms with van der Waals surface area (Å²) in [6.45, 7) is 1.85. The minimum atomic E-state index is -0.551. The number of Topliss-reactive ketones (excluding diaryl/α,β-unsaturated/α-hetero) is 1. The summed E-state index contributed by atoms with van der Waals surface area (Å²) >= 11 is 0. The highest BCUT2D eigenvalue weighted by Gasteiger charge is 2.40. The zero-order valence-corrected chi connectivity index (χ0v) is 16.9. The molecule has 1 heterocycles. The first-order valence-corrected chi connectivity index (χ1v) is 10.3. The Morgan fingerprint density at radius 2 is 1.93 bits per heavy atom. The predicted molar refractivity (Wildman–Crippen MR) is 107 cm³/mol. The van der Waals surface area contributed by atoms with Gasteiger partial charge in [0.15, 0.2) is 17.3 Å². The second kappa shape index (κ2) is 7.93. The molecule has 2 aliphatic carbocycles. The number of phenols is 1. The Balaban J connectivity index is 1.78. The summed E-state index contributed by atoms with van der Waals surface area (Å²) in [7, 11) is 1.49. The number of allylic oxidation sites excluding steroid dienone is 3. The van der Waals surface area contributed by atoms with E-state index in [1.54, 1.807) is 18.2 Å². The first kappa shape index (κ1) is 19.6. The van der Waals surface area contributed by atoms with Gasteiger partial charge in [-0.05, 0) is 63.1 Å². The molecule has 4 rings (SSSR count). The van der Waals surface area contributed by atoms with Crippen LogP contribution in [0.2, 0.25) is 0 Å². The average Bonchev–Trinajstić information content (AvgIpc) is 3.20. The third kappa shape index (κ3) is 3.63. The van der Waals surface area contributed by atoms with E-state index < -0.39 is 5.92 Å². The van der Waals surface area contributed by atoms with E-state index >= 15 is 0 Å². The molecular formula is C23H27NO5. The number of benzene rings is 1. The lowest BCUT2D eigenvalue weighted by Gasteiger charge is -2.34. The summed E-state index contributed by atoms with van der Waals surface area (Å²) in [5, 5.41) is 13.6. The highest BCUT2D eigenvalue weighted by atomic mass is 16.5. The van der Waals surface area contributed by atoms with Gasteiger partial charge in [-0.25, -0.2) is 4.79 Å². The van der Waals surface area contributed by atoms with Gasteiger partial charge in [0.1, 0.15) is 6.10 Å². The maximum absolute atomic E-state index is 13.2. The molecular weight excluding hydrogens is 370 g/mol. The summed E-state index contributed by atoms with van der Waals surface area (Å²) in [6, 6.07) is 5.05. The number of ether oxygens (including phenoxy) is 2. The van der Waals surface area contributed by atoms with Crippen molar-refractivity contribution in [2.24, 2.45) is 0 Å². The van der Waals surface area contributed by atoms with E-state index in [0.717, 1.165) is 44.2 Å². The Hall–Kier alpha value is -2.76. The topological polar surface area (TPSA) is 84.9 Å². The van der Waals surface area contributed by atoms with E-state index in [1.165, 1.54) is 7.11 Å². The third-order valence-corrected chi connectivity index (χ3v) is 6.11. The van der Waals surface area contributed by atoms with Crippen molar-refractivity contribution in [1.29, 1.82) is 0 Å². The fourth-order valence-electron chi connectivity index (χ4n) is 4.69. The van der Waals surface area contributed by atoms with Gasteiger partial charge in [-0.3, -0.25) is 4.79 Å². The van der Waals surface area contributed by atoms with E-state index in [1.807, 2.05) is 6.92 Å². The van der Waals surface area contributed by atoms with Crippen LogP contribution in [-0.4, -0.2) is 30.1 Å². The van der Waals surface area contributed by atoms with Gasteiger partial charge in [-0.15, -0.1) is 0 Å². The van der Waals surface area contributed by atoms with Crippen LogP contribution in [0.1, 0.15) is 63.4 Å². The van der Waals surface area contributed by atoms with Crippen LogP contribution in [0.15, 0.2) is 40.7 Å². The van der Waals surface area contributed by atoms with E-state index in [2.05, 4.69) is 5.32 Å². The smallest absolute Gasteiger partial charge is 0.337 e. The molecule has 0 saturated heterocycles. The summed E-state index contributed by atoms with van der Waals surface area (Å²) in [4.78, 5) is 26.1. The zero-order chi connectivity index (χ0) is 20.5.